The number of carboxylic acids is 1. The standard InChI is InChI=1S/C38H48F2N6O9/c1-4-11-25(32(48)37(53)42-19-27(47)45-30(33(41)49)21-12-7-5-8-13-21)43-34(50)26(18-20(2)3)44-36(52)31(22-14-9-6-10-15-22)46-35(51)28-23(39)16-17-24(40)29(28)38(54)55/h5,7-8,12-13,16-17,20,22,25-26,30-31H,4,6,9-11,14-15,18-19H2,1-3H3,(H2,41,49)(H,42,53)(H,43,50)(H,44,52)(H,45,47)(H,46,51)(H,54,55)/t25?,26?,30-,31?/m0/s1. The number of nitrogens with one attached hydrogen (secondary N) is 5. The van der Waals surface area contributed by atoms with Gasteiger partial charge in [0.2, 0.25) is 29.4 Å². The van der Waals surface area contributed by atoms with Gasteiger partial charge >= 0.3 is 5.97 Å². The number of carbonyl (C=O) groups is 8. The van der Waals surface area contributed by atoms with Gasteiger partial charge < -0.3 is 37.4 Å². The molecule has 0 radical (unpaired) electrons. The molecule has 15 nitrogen and oxygen atoms in total. The van der Waals surface area contributed by atoms with Gasteiger partial charge in [0, 0.05) is 0 Å². The largest absolute Gasteiger partial charge is 0.478 e. The van der Waals surface area contributed by atoms with E-state index in [0.717, 1.165) is 6.42 Å². The Hall–Kier alpha value is -5.74. The molecule has 2 aromatic carbocycles. The van der Waals surface area contributed by atoms with Gasteiger partial charge in [-0.15, -0.1) is 0 Å². The van der Waals surface area contributed by atoms with Gasteiger partial charge in [-0.05, 0) is 55.2 Å². The second kappa shape index (κ2) is 20.6. The fourth-order valence-corrected chi connectivity index (χ4v) is 6.44. The summed E-state index contributed by atoms with van der Waals surface area (Å²) in [5.74, 6) is -12.2. The molecule has 2 aromatic rings. The van der Waals surface area contributed by atoms with E-state index < -0.39 is 107 Å². The fourth-order valence-electron chi connectivity index (χ4n) is 6.44. The number of halogens is 2. The molecule has 1 saturated carbocycles. The summed E-state index contributed by atoms with van der Waals surface area (Å²) >= 11 is 0. The lowest BCUT2D eigenvalue weighted by Gasteiger charge is -2.32. The van der Waals surface area contributed by atoms with Crippen molar-refractivity contribution in [3.63, 3.8) is 0 Å². The van der Waals surface area contributed by atoms with Crippen LogP contribution in [-0.4, -0.2) is 77.0 Å². The zero-order valence-electron chi connectivity index (χ0n) is 30.9. The lowest BCUT2D eigenvalue weighted by Crippen LogP contribution is -2.58. The van der Waals surface area contributed by atoms with Crippen molar-refractivity contribution in [2.75, 3.05) is 6.54 Å². The van der Waals surface area contributed by atoms with Crippen molar-refractivity contribution >= 4 is 47.2 Å². The van der Waals surface area contributed by atoms with E-state index in [0.29, 0.717) is 49.8 Å². The number of primary amides is 1. The van der Waals surface area contributed by atoms with Crippen molar-refractivity contribution in [3.8, 4) is 0 Å². The number of benzene rings is 2. The Morgan fingerprint density at radius 1 is 0.800 bits per heavy atom. The average Bonchev–Trinajstić information content (AvgIpc) is 3.15. The Bertz CT molecular complexity index is 1750. The molecule has 1 aliphatic carbocycles. The summed E-state index contributed by atoms with van der Waals surface area (Å²) < 4.78 is 29.2. The second-order valence-corrected chi connectivity index (χ2v) is 13.8. The monoisotopic (exact) mass is 770 g/mol. The molecule has 17 heteroatoms. The van der Waals surface area contributed by atoms with Gasteiger partial charge in [-0.2, -0.15) is 0 Å². The summed E-state index contributed by atoms with van der Waals surface area (Å²) in [6.07, 6.45) is 3.57. The number of carbonyl (C=O) groups excluding carboxylic acids is 7. The van der Waals surface area contributed by atoms with E-state index in [4.69, 9.17) is 5.73 Å². The Morgan fingerprint density at radius 3 is 1.96 bits per heavy atom. The minimum absolute atomic E-state index is 0.0101. The zero-order chi connectivity index (χ0) is 40.8. The van der Waals surface area contributed by atoms with Crippen molar-refractivity contribution in [3.05, 3.63) is 70.8 Å². The number of hydrogen-bond donors (Lipinski definition) is 7. The highest BCUT2D eigenvalue weighted by Gasteiger charge is 2.37. The zero-order valence-corrected chi connectivity index (χ0v) is 30.9. The van der Waals surface area contributed by atoms with E-state index in [1.54, 1.807) is 51.1 Å². The normalized spacial score (nSPS) is 15.1. The Morgan fingerprint density at radius 2 is 1.40 bits per heavy atom. The number of amides is 6. The smallest absolute Gasteiger partial charge is 0.339 e. The maximum Gasteiger partial charge on any atom is 0.339 e. The van der Waals surface area contributed by atoms with E-state index in [9.17, 15) is 52.2 Å². The van der Waals surface area contributed by atoms with Gasteiger partial charge in [-0.3, -0.25) is 33.6 Å². The Kier molecular flexibility index (Phi) is 16.4. The van der Waals surface area contributed by atoms with Crippen LogP contribution in [0, 0.1) is 23.5 Å². The van der Waals surface area contributed by atoms with Crippen LogP contribution in [-0.2, 0) is 28.8 Å². The maximum absolute atomic E-state index is 14.8. The molecule has 0 bridgehead atoms. The number of ketones is 1. The van der Waals surface area contributed by atoms with Crippen LogP contribution in [0.4, 0.5) is 8.78 Å². The first-order valence-corrected chi connectivity index (χ1v) is 18.1. The number of hydrogen-bond acceptors (Lipinski definition) is 8. The number of Topliss-reactive ketones (excluding diaryl/α,β-unsaturated/α-hetero) is 1. The number of nitrogens with two attached hydrogens (primary N) is 1. The van der Waals surface area contributed by atoms with Crippen LogP contribution >= 0.6 is 0 Å². The molecule has 4 atom stereocenters. The molecule has 6 amide bonds. The van der Waals surface area contributed by atoms with Crippen molar-refractivity contribution < 1.29 is 52.2 Å². The molecule has 0 aromatic heterocycles. The summed E-state index contributed by atoms with van der Waals surface area (Å²) in [4.78, 5) is 103. The van der Waals surface area contributed by atoms with Crippen LogP contribution in [0.25, 0.3) is 0 Å². The van der Waals surface area contributed by atoms with Crippen molar-refractivity contribution in [2.24, 2.45) is 17.6 Å². The molecular formula is C38H48F2N6O9. The highest BCUT2D eigenvalue weighted by Crippen LogP contribution is 2.28. The molecule has 1 fully saturated rings. The molecule has 1 aliphatic rings. The summed E-state index contributed by atoms with van der Waals surface area (Å²) in [6, 6.07) is 4.06. The van der Waals surface area contributed by atoms with Crippen molar-refractivity contribution in [2.45, 2.75) is 96.3 Å². The minimum Gasteiger partial charge on any atom is -0.478 e. The van der Waals surface area contributed by atoms with Gasteiger partial charge in [-0.1, -0.05) is 76.8 Å². The number of carboxylic acid groups (broad SMARTS) is 1. The van der Waals surface area contributed by atoms with Crippen LogP contribution in [0.15, 0.2) is 42.5 Å². The Labute approximate surface area is 316 Å². The highest BCUT2D eigenvalue weighted by atomic mass is 19.1. The van der Waals surface area contributed by atoms with Gasteiger partial charge in [0.05, 0.1) is 18.2 Å². The topological polar surface area (TPSA) is 243 Å². The molecular weight excluding hydrogens is 722 g/mol. The molecule has 0 heterocycles. The first-order valence-electron chi connectivity index (χ1n) is 18.1. The maximum atomic E-state index is 14.8. The lowest BCUT2D eigenvalue weighted by molar-refractivity contribution is -0.141. The lowest BCUT2D eigenvalue weighted by atomic mass is 9.83. The first-order chi connectivity index (χ1) is 26.0. The summed E-state index contributed by atoms with van der Waals surface area (Å²) in [5.41, 5.74) is 3.54. The van der Waals surface area contributed by atoms with Gasteiger partial charge in [-0.25, -0.2) is 13.6 Å². The van der Waals surface area contributed by atoms with E-state index in [2.05, 4.69) is 26.6 Å². The van der Waals surface area contributed by atoms with Crippen LogP contribution in [0.5, 0.6) is 0 Å². The fraction of sp³-hybridized carbons (Fsp3) is 0.474. The number of rotatable bonds is 19. The molecule has 0 aliphatic heterocycles. The van der Waals surface area contributed by atoms with E-state index in [1.807, 2.05) is 0 Å². The SMILES string of the molecule is CCCC(NC(=O)C(CC(C)C)NC(=O)C(NC(=O)c1c(F)ccc(F)c1C(=O)O)C1CCCCC1)C(=O)C(=O)NCC(=O)N[C@H](C(N)=O)c1ccccc1. The summed E-state index contributed by atoms with van der Waals surface area (Å²) in [5, 5.41) is 21.6. The van der Waals surface area contributed by atoms with Crippen LogP contribution in [0.3, 0.4) is 0 Å². The van der Waals surface area contributed by atoms with E-state index in [1.165, 1.54) is 0 Å². The molecule has 55 heavy (non-hydrogen) atoms. The quantitative estimate of drug-likeness (QED) is 0.103. The predicted octanol–water partition coefficient (Wildman–Crippen LogP) is 2.19. The Balaban J connectivity index is 1.76. The third kappa shape index (κ3) is 12.4. The molecule has 3 unspecified atom stereocenters. The third-order valence-electron chi connectivity index (χ3n) is 9.14. The summed E-state index contributed by atoms with van der Waals surface area (Å²) in [7, 11) is 0. The first kappa shape index (κ1) is 43.7. The highest BCUT2D eigenvalue weighted by molar-refractivity contribution is 6.38. The van der Waals surface area contributed by atoms with Crippen molar-refractivity contribution in [1.29, 1.82) is 0 Å². The van der Waals surface area contributed by atoms with E-state index in [-0.39, 0.29) is 18.8 Å². The molecule has 0 saturated heterocycles. The summed E-state index contributed by atoms with van der Waals surface area (Å²) in [6.45, 7) is 4.54. The third-order valence-corrected chi connectivity index (χ3v) is 9.14. The predicted molar refractivity (Wildman–Crippen MR) is 194 cm³/mol. The minimum atomic E-state index is -1.89. The molecule has 8 N–H and O–H groups in total. The van der Waals surface area contributed by atoms with E-state index >= 15 is 0 Å². The molecule has 3 rings (SSSR count). The van der Waals surface area contributed by atoms with Crippen LogP contribution < -0.4 is 32.3 Å². The number of aromatic carboxylic acids is 1. The molecule has 0 spiro atoms. The van der Waals surface area contributed by atoms with Crippen LogP contribution in [0.2, 0.25) is 0 Å². The van der Waals surface area contributed by atoms with Gasteiger partial charge in [0.25, 0.3) is 11.8 Å². The van der Waals surface area contributed by atoms with Gasteiger partial charge in [0.1, 0.15) is 35.3 Å². The van der Waals surface area contributed by atoms with Gasteiger partial charge in [0.15, 0.2) is 0 Å². The van der Waals surface area contributed by atoms with Crippen LogP contribution in [0.1, 0.15) is 104 Å². The van der Waals surface area contributed by atoms with Crippen molar-refractivity contribution in [1.82, 2.24) is 26.6 Å². The molecule has 298 valence electrons. The average molecular weight is 771 g/mol. The second-order valence-electron chi connectivity index (χ2n) is 13.8.